The average molecular weight is 276 g/mol. The Hall–Kier alpha value is -1.68. The summed E-state index contributed by atoms with van der Waals surface area (Å²) in [4.78, 5) is 12.1. The molecule has 0 aromatic heterocycles. The van der Waals surface area contributed by atoms with Crippen LogP contribution in [0.15, 0.2) is 47.4 Å². The Morgan fingerprint density at radius 3 is 2.58 bits per heavy atom. The smallest absolute Gasteiger partial charge is 0.309 e. The van der Waals surface area contributed by atoms with E-state index in [-0.39, 0.29) is 17.6 Å². The summed E-state index contributed by atoms with van der Waals surface area (Å²) in [5.74, 6) is -0.406. The molecule has 0 bridgehead atoms. The first-order chi connectivity index (χ1) is 9.11. The minimum atomic E-state index is -1.19. The van der Waals surface area contributed by atoms with Gasteiger partial charge in [-0.2, -0.15) is 0 Å². The Bertz CT molecular complexity index is 622. The van der Waals surface area contributed by atoms with Crippen LogP contribution in [0.5, 0.6) is 0 Å². The van der Waals surface area contributed by atoms with Crippen LogP contribution in [-0.2, 0) is 20.3 Å². The van der Waals surface area contributed by atoms with E-state index in [4.69, 9.17) is 0 Å². The highest BCUT2D eigenvalue weighted by molar-refractivity contribution is 7.85. The number of carbonyl (C=O) groups is 1. The molecule has 0 spiro atoms. The number of hydrogen-bond donors (Lipinski definition) is 0. The largest absolute Gasteiger partial charge is 0.469 e. The molecule has 3 nitrogen and oxygen atoms in total. The number of hydrogen-bond acceptors (Lipinski definition) is 3. The number of benzene rings is 2. The highest BCUT2D eigenvalue weighted by Crippen LogP contribution is 2.19. The highest BCUT2D eigenvalue weighted by Gasteiger charge is 2.17. The molecule has 2 aromatic rings. The van der Waals surface area contributed by atoms with Crippen LogP contribution >= 0.6 is 0 Å². The molecule has 0 fully saturated rings. The van der Waals surface area contributed by atoms with Crippen molar-refractivity contribution in [2.24, 2.45) is 5.92 Å². The summed E-state index contributed by atoms with van der Waals surface area (Å²) in [7, 11) is 0.152. The number of esters is 1. The zero-order valence-corrected chi connectivity index (χ0v) is 11.8. The fraction of sp³-hybridized carbons (Fsp3) is 0.267. The average Bonchev–Trinajstić information content (AvgIpc) is 2.45. The van der Waals surface area contributed by atoms with Crippen molar-refractivity contribution in [3.05, 3.63) is 42.5 Å². The third-order valence-corrected chi connectivity index (χ3v) is 4.57. The molecule has 0 saturated heterocycles. The van der Waals surface area contributed by atoms with Crippen molar-refractivity contribution >= 4 is 27.5 Å². The first kappa shape index (κ1) is 13.7. The standard InChI is InChI=1S/C15H16O3S/c1-11(15(16)18-2)10-19(17)14-8-7-12-5-3-4-6-13(12)9-14/h3-9,11H,10H2,1-2H3/t11-,19?/m0/s1. The molecule has 4 heteroatoms. The van der Waals surface area contributed by atoms with Gasteiger partial charge in [-0.1, -0.05) is 37.3 Å². The van der Waals surface area contributed by atoms with Crippen molar-refractivity contribution in [2.75, 3.05) is 12.9 Å². The lowest BCUT2D eigenvalue weighted by atomic mass is 10.1. The quantitative estimate of drug-likeness (QED) is 0.806. The van der Waals surface area contributed by atoms with Gasteiger partial charge in [0.25, 0.3) is 0 Å². The molecule has 100 valence electrons. The van der Waals surface area contributed by atoms with Gasteiger partial charge in [0.05, 0.1) is 23.8 Å². The van der Waals surface area contributed by atoms with E-state index in [1.807, 2.05) is 42.5 Å². The number of rotatable bonds is 4. The fourth-order valence-corrected chi connectivity index (χ4v) is 3.16. The maximum atomic E-state index is 12.2. The van der Waals surface area contributed by atoms with Crippen LogP contribution in [0.4, 0.5) is 0 Å². The van der Waals surface area contributed by atoms with Gasteiger partial charge < -0.3 is 4.74 Å². The lowest BCUT2D eigenvalue weighted by molar-refractivity contribution is -0.144. The van der Waals surface area contributed by atoms with Gasteiger partial charge in [0.1, 0.15) is 0 Å². The molecule has 0 amide bonds. The van der Waals surface area contributed by atoms with Gasteiger partial charge >= 0.3 is 5.97 Å². The van der Waals surface area contributed by atoms with E-state index in [1.165, 1.54) is 7.11 Å². The summed E-state index contributed by atoms with van der Waals surface area (Å²) < 4.78 is 16.9. The summed E-state index contributed by atoms with van der Waals surface area (Å²) in [5.41, 5.74) is 0. The molecule has 0 N–H and O–H groups in total. The van der Waals surface area contributed by atoms with Crippen molar-refractivity contribution in [1.82, 2.24) is 0 Å². The summed E-state index contributed by atoms with van der Waals surface area (Å²) in [6.45, 7) is 1.73. The number of methoxy groups -OCH3 is 1. The monoisotopic (exact) mass is 276 g/mol. The molecule has 19 heavy (non-hydrogen) atoms. The van der Waals surface area contributed by atoms with E-state index >= 15 is 0 Å². The van der Waals surface area contributed by atoms with Crippen LogP contribution in [-0.4, -0.2) is 23.0 Å². The van der Waals surface area contributed by atoms with Gasteiger partial charge in [-0.15, -0.1) is 0 Å². The van der Waals surface area contributed by atoms with E-state index in [1.54, 1.807) is 6.92 Å². The molecule has 0 heterocycles. The molecule has 0 radical (unpaired) electrons. The number of carbonyl (C=O) groups excluding carboxylic acids is 1. The lowest BCUT2D eigenvalue weighted by Gasteiger charge is -2.09. The molecule has 2 atom stereocenters. The molecular weight excluding hydrogens is 260 g/mol. The lowest BCUT2D eigenvalue weighted by Crippen LogP contribution is -2.19. The van der Waals surface area contributed by atoms with Crippen LogP contribution in [0.3, 0.4) is 0 Å². The van der Waals surface area contributed by atoms with Crippen molar-refractivity contribution in [3.8, 4) is 0 Å². The molecular formula is C15H16O3S. The Morgan fingerprint density at radius 1 is 1.21 bits per heavy atom. The molecule has 0 aliphatic heterocycles. The molecule has 0 aliphatic carbocycles. The Kier molecular flexibility index (Phi) is 4.32. The van der Waals surface area contributed by atoms with Crippen molar-refractivity contribution in [2.45, 2.75) is 11.8 Å². The van der Waals surface area contributed by atoms with E-state index in [0.29, 0.717) is 0 Å². The van der Waals surface area contributed by atoms with E-state index < -0.39 is 10.8 Å². The zero-order valence-electron chi connectivity index (χ0n) is 11.0. The number of ether oxygens (including phenoxy) is 1. The second-order valence-corrected chi connectivity index (χ2v) is 5.94. The van der Waals surface area contributed by atoms with E-state index in [2.05, 4.69) is 4.74 Å². The first-order valence-electron chi connectivity index (χ1n) is 6.07. The second-order valence-electron chi connectivity index (χ2n) is 4.45. The second kappa shape index (κ2) is 5.97. The molecule has 2 aromatic carbocycles. The Balaban J connectivity index is 2.19. The van der Waals surface area contributed by atoms with Crippen LogP contribution in [0.1, 0.15) is 6.92 Å². The van der Waals surface area contributed by atoms with Gasteiger partial charge in [0.15, 0.2) is 0 Å². The minimum absolute atomic E-state index is 0.283. The molecule has 0 saturated carbocycles. The van der Waals surface area contributed by atoms with Crippen molar-refractivity contribution in [3.63, 3.8) is 0 Å². The van der Waals surface area contributed by atoms with Gasteiger partial charge in [0.2, 0.25) is 0 Å². The SMILES string of the molecule is COC(=O)[C@@H](C)CS(=O)c1ccc2ccccc2c1. The van der Waals surface area contributed by atoms with Crippen LogP contribution in [0.25, 0.3) is 10.8 Å². The van der Waals surface area contributed by atoms with Crippen LogP contribution in [0, 0.1) is 5.92 Å². The topological polar surface area (TPSA) is 43.4 Å². The number of fused-ring (bicyclic) bond motifs is 1. The maximum absolute atomic E-state index is 12.2. The molecule has 2 rings (SSSR count). The van der Waals surface area contributed by atoms with Gasteiger partial charge in [-0.05, 0) is 22.9 Å². The third-order valence-electron chi connectivity index (χ3n) is 2.99. The Labute approximate surface area is 115 Å². The zero-order chi connectivity index (χ0) is 13.8. The summed E-state index contributed by atoms with van der Waals surface area (Å²) in [6, 6.07) is 13.6. The third kappa shape index (κ3) is 3.20. The molecule has 1 unspecified atom stereocenters. The fourth-order valence-electron chi connectivity index (χ4n) is 1.90. The van der Waals surface area contributed by atoms with Gasteiger partial charge in [-0.3, -0.25) is 9.00 Å². The van der Waals surface area contributed by atoms with Gasteiger partial charge in [-0.25, -0.2) is 0 Å². The van der Waals surface area contributed by atoms with Crippen molar-refractivity contribution in [1.29, 1.82) is 0 Å². The summed E-state index contributed by atoms with van der Waals surface area (Å²) in [5, 5.41) is 2.17. The van der Waals surface area contributed by atoms with E-state index in [0.717, 1.165) is 15.7 Å². The maximum Gasteiger partial charge on any atom is 0.309 e. The van der Waals surface area contributed by atoms with Crippen LogP contribution < -0.4 is 0 Å². The van der Waals surface area contributed by atoms with E-state index in [9.17, 15) is 9.00 Å². The van der Waals surface area contributed by atoms with Gasteiger partial charge in [0, 0.05) is 10.6 Å². The summed E-state index contributed by atoms with van der Waals surface area (Å²) >= 11 is 0. The summed E-state index contributed by atoms with van der Waals surface area (Å²) in [6.07, 6.45) is 0. The van der Waals surface area contributed by atoms with Crippen LogP contribution in [0.2, 0.25) is 0 Å². The van der Waals surface area contributed by atoms with Crippen molar-refractivity contribution < 1.29 is 13.7 Å². The molecule has 0 aliphatic rings. The first-order valence-corrected chi connectivity index (χ1v) is 7.38. The Morgan fingerprint density at radius 2 is 1.89 bits per heavy atom. The highest BCUT2D eigenvalue weighted by atomic mass is 32.2. The normalized spacial score (nSPS) is 14.0. The predicted octanol–water partition coefficient (Wildman–Crippen LogP) is 2.76. The predicted molar refractivity (Wildman–Crippen MR) is 76.4 cm³/mol. The minimum Gasteiger partial charge on any atom is -0.469 e.